The highest BCUT2D eigenvalue weighted by atomic mass is 16.6. The third-order valence-corrected chi connectivity index (χ3v) is 2.45. The second-order valence-corrected chi connectivity index (χ2v) is 6.01. The van der Waals surface area contributed by atoms with E-state index in [9.17, 15) is 9.59 Å². The van der Waals surface area contributed by atoms with Crippen molar-refractivity contribution >= 4 is 12.0 Å². The lowest BCUT2D eigenvalue weighted by atomic mass is 10.0. The largest absolute Gasteiger partial charge is 0.444 e. The fourth-order valence-electron chi connectivity index (χ4n) is 1.47. The molecule has 0 fully saturated rings. The van der Waals surface area contributed by atoms with E-state index < -0.39 is 17.7 Å². The normalized spacial score (nSPS) is 13.0. The number of hydrogen-bond donors (Lipinski definition) is 2. The highest BCUT2D eigenvalue weighted by Gasteiger charge is 2.26. The molecule has 0 saturated heterocycles. The van der Waals surface area contributed by atoms with Crippen LogP contribution in [0.25, 0.3) is 0 Å². The number of hydrogen-bond acceptors (Lipinski definition) is 3. The first kappa shape index (κ1) is 17.7. The van der Waals surface area contributed by atoms with Gasteiger partial charge in [-0.1, -0.05) is 27.2 Å². The Hall–Kier alpha value is -1.26. The van der Waals surface area contributed by atoms with Crippen LogP contribution in [0.15, 0.2) is 0 Å². The van der Waals surface area contributed by atoms with Crippen LogP contribution in [0, 0.1) is 5.92 Å². The summed E-state index contributed by atoms with van der Waals surface area (Å²) in [4.78, 5) is 23.7. The molecular weight excluding hydrogens is 244 g/mol. The molecule has 0 heterocycles. The van der Waals surface area contributed by atoms with Crippen molar-refractivity contribution in [1.29, 1.82) is 0 Å². The van der Waals surface area contributed by atoms with E-state index in [0.717, 1.165) is 12.8 Å². The summed E-state index contributed by atoms with van der Waals surface area (Å²) in [6, 6.07) is -0.563. The van der Waals surface area contributed by atoms with Gasteiger partial charge in [0.25, 0.3) is 0 Å². The number of amides is 2. The van der Waals surface area contributed by atoms with E-state index >= 15 is 0 Å². The molecule has 1 unspecified atom stereocenters. The van der Waals surface area contributed by atoms with E-state index in [1.165, 1.54) is 0 Å². The maximum Gasteiger partial charge on any atom is 0.408 e. The summed E-state index contributed by atoms with van der Waals surface area (Å²) in [5.41, 5.74) is -0.565. The number of carbonyl (C=O) groups is 2. The number of alkyl carbamates (subject to hydrolysis) is 1. The van der Waals surface area contributed by atoms with Crippen LogP contribution in [0.5, 0.6) is 0 Å². The zero-order chi connectivity index (χ0) is 15.1. The molecule has 0 rings (SSSR count). The Morgan fingerprint density at radius 1 is 1.21 bits per heavy atom. The Morgan fingerprint density at radius 2 is 1.79 bits per heavy atom. The Kier molecular flexibility index (Phi) is 7.49. The van der Waals surface area contributed by atoms with E-state index in [-0.39, 0.29) is 11.8 Å². The van der Waals surface area contributed by atoms with Crippen LogP contribution in [-0.2, 0) is 9.53 Å². The molecule has 0 aliphatic carbocycles. The van der Waals surface area contributed by atoms with Crippen LogP contribution in [0.3, 0.4) is 0 Å². The molecule has 0 aromatic carbocycles. The average molecular weight is 272 g/mol. The molecule has 2 N–H and O–H groups in total. The summed E-state index contributed by atoms with van der Waals surface area (Å²) in [5.74, 6) is -0.150. The highest BCUT2D eigenvalue weighted by Crippen LogP contribution is 2.08. The molecule has 2 amide bonds. The third kappa shape index (κ3) is 8.46. The number of rotatable bonds is 6. The molecule has 19 heavy (non-hydrogen) atoms. The topological polar surface area (TPSA) is 67.4 Å². The van der Waals surface area contributed by atoms with E-state index in [2.05, 4.69) is 17.6 Å². The maximum absolute atomic E-state index is 12.0. The van der Waals surface area contributed by atoms with Gasteiger partial charge < -0.3 is 15.4 Å². The van der Waals surface area contributed by atoms with E-state index in [1.807, 2.05) is 13.8 Å². The quantitative estimate of drug-likeness (QED) is 0.730. The number of unbranched alkanes of at least 4 members (excludes halogenated alkanes) is 1. The van der Waals surface area contributed by atoms with Gasteiger partial charge in [0.2, 0.25) is 5.91 Å². The van der Waals surface area contributed by atoms with Crippen molar-refractivity contribution in [3.63, 3.8) is 0 Å². The molecule has 0 bridgehead atoms. The van der Waals surface area contributed by atoms with Gasteiger partial charge in [0.15, 0.2) is 0 Å². The summed E-state index contributed by atoms with van der Waals surface area (Å²) in [6.07, 6.45) is 1.40. The molecule has 0 aromatic heterocycles. The van der Waals surface area contributed by atoms with Gasteiger partial charge in [-0.05, 0) is 33.1 Å². The fourth-order valence-corrected chi connectivity index (χ4v) is 1.47. The van der Waals surface area contributed by atoms with Gasteiger partial charge in [-0.3, -0.25) is 4.79 Å². The molecule has 0 aliphatic rings. The van der Waals surface area contributed by atoms with Crippen LogP contribution < -0.4 is 10.6 Å². The van der Waals surface area contributed by atoms with Crippen LogP contribution in [-0.4, -0.2) is 30.2 Å². The standard InChI is InChI=1S/C14H28N2O3/c1-7-8-9-15-12(17)11(10(2)3)16-13(18)19-14(4,5)6/h10-11H,7-9H2,1-6H3,(H,15,17)(H,16,18). The van der Waals surface area contributed by atoms with Gasteiger partial charge in [-0.15, -0.1) is 0 Å². The van der Waals surface area contributed by atoms with Crippen molar-refractivity contribution in [3.8, 4) is 0 Å². The monoisotopic (exact) mass is 272 g/mol. The summed E-state index contributed by atoms with van der Waals surface area (Å²) in [7, 11) is 0. The molecule has 1 atom stereocenters. The molecule has 0 radical (unpaired) electrons. The third-order valence-electron chi connectivity index (χ3n) is 2.45. The molecule has 0 aliphatic heterocycles. The Balaban J connectivity index is 4.40. The Labute approximate surface area is 116 Å². The van der Waals surface area contributed by atoms with Gasteiger partial charge >= 0.3 is 6.09 Å². The van der Waals surface area contributed by atoms with E-state index in [1.54, 1.807) is 20.8 Å². The van der Waals surface area contributed by atoms with Crippen LogP contribution in [0.4, 0.5) is 4.79 Å². The number of nitrogens with one attached hydrogen (secondary N) is 2. The van der Waals surface area contributed by atoms with Gasteiger partial charge in [0.05, 0.1) is 0 Å². The SMILES string of the molecule is CCCCNC(=O)C(NC(=O)OC(C)(C)C)C(C)C. The minimum absolute atomic E-state index is 0.00847. The second kappa shape index (κ2) is 8.02. The van der Waals surface area contributed by atoms with Crippen molar-refractivity contribution in [3.05, 3.63) is 0 Å². The minimum atomic E-state index is -0.565. The molecule has 0 saturated carbocycles. The molecule has 5 heteroatoms. The van der Waals surface area contributed by atoms with Crippen molar-refractivity contribution in [2.75, 3.05) is 6.54 Å². The van der Waals surface area contributed by atoms with E-state index in [4.69, 9.17) is 4.74 Å². The minimum Gasteiger partial charge on any atom is -0.444 e. The smallest absolute Gasteiger partial charge is 0.408 e. The predicted molar refractivity (Wildman–Crippen MR) is 75.9 cm³/mol. The molecule has 0 spiro atoms. The summed E-state index contributed by atoms with van der Waals surface area (Å²) in [6.45, 7) is 11.8. The zero-order valence-electron chi connectivity index (χ0n) is 13.0. The zero-order valence-corrected chi connectivity index (χ0v) is 13.0. The lowest BCUT2D eigenvalue weighted by Crippen LogP contribution is -2.51. The van der Waals surface area contributed by atoms with Crippen LogP contribution in [0.1, 0.15) is 54.4 Å². The maximum atomic E-state index is 12.0. The lowest BCUT2D eigenvalue weighted by Gasteiger charge is -2.25. The predicted octanol–water partition coefficient (Wildman–Crippen LogP) is 2.45. The molecule has 0 aromatic rings. The van der Waals surface area contributed by atoms with Gasteiger partial charge in [-0.2, -0.15) is 0 Å². The first-order valence-electron chi connectivity index (χ1n) is 6.94. The van der Waals surface area contributed by atoms with Crippen molar-refractivity contribution < 1.29 is 14.3 Å². The number of carbonyl (C=O) groups excluding carboxylic acids is 2. The van der Waals surface area contributed by atoms with Gasteiger partial charge in [0, 0.05) is 6.54 Å². The summed E-state index contributed by atoms with van der Waals surface area (Å²) < 4.78 is 5.16. The molecular formula is C14H28N2O3. The molecule has 112 valence electrons. The first-order chi connectivity index (χ1) is 8.67. The van der Waals surface area contributed by atoms with Crippen LogP contribution >= 0.6 is 0 Å². The second-order valence-electron chi connectivity index (χ2n) is 6.01. The Morgan fingerprint density at radius 3 is 2.21 bits per heavy atom. The van der Waals surface area contributed by atoms with Crippen molar-refractivity contribution in [2.45, 2.75) is 66.0 Å². The first-order valence-corrected chi connectivity index (χ1v) is 6.94. The Bertz CT molecular complexity index is 296. The number of ether oxygens (including phenoxy) is 1. The lowest BCUT2D eigenvalue weighted by molar-refractivity contribution is -0.124. The van der Waals surface area contributed by atoms with Crippen molar-refractivity contribution in [2.24, 2.45) is 5.92 Å². The summed E-state index contributed by atoms with van der Waals surface area (Å²) in [5, 5.41) is 5.45. The van der Waals surface area contributed by atoms with Gasteiger partial charge in [-0.25, -0.2) is 4.79 Å². The highest BCUT2D eigenvalue weighted by molar-refractivity contribution is 5.85. The van der Waals surface area contributed by atoms with Crippen molar-refractivity contribution in [1.82, 2.24) is 10.6 Å². The van der Waals surface area contributed by atoms with E-state index in [0.29, 0.717) is 6.54 Å². The summed E-state index contributed by atoms with van der Waals surface area (Å²) >= 11 is 0. The van der Waals surface area contributed by atoms with Crippen LogP contribution in [0.2, 0.25) is 0 Å². The average Bonchev–Trinajstić information content (AvgIpc) is 2.23. The van der Waals surface area contributed by atoms with Gasteiger partial charge in [0.1, 0.15) is 11.6 Å². The fraction of sp³-hybridized carbons (Fsp3) is 0.857. The molecule has 5 nitrogen and oxygen atoms in total.